The van der Waals surface area contributed by atoms with E-state index < -0.39 is 0 Å². The van der Waals surface area contributed by atoms with Crippen LogP contribution in [0.1, 0.15) is 15.9 Å². The molecule has 37 heavy (non-hydrogen) atoms. The molecule has 4 aromatic rings. The number of benzene rings is 3. The molecule has 1 aromatic heterocycles. The molecule has 2 amide bonds. The van der Waals surface area contributed by atoms with Gasteiger partial charge in [0.1, 0.15) is 17.2 Å². The third kappa shape index (κ3) is 5.63. The number of nitrogens with one attached hydrogen (secondary N) is 1. The largest absolute Gasteiger partial charge is 0.497 e. The zero-order chi connectivity index (χ0) is 26.4. The molecular formula is C29H26N4O4. The summed E-state index contributed by atoms with van der Waals surface area (Å²) in [6.45, 7) is -0.176. The lowest BCUT2D eigenvalue weighted by Gasteiger charge is -2.17. The van der Waals surface area contributed by atoms with Crippen LogP contribution in [0.5, 0.6) is 11.5 Å². The van der Waals surface area contributed by atoms with E-state index in [-0.39, 0.29) is 18.4 Å². The molecular weight excluding hydrogens is 468 g/mol. The number of nitrogens with zero attached hydrogens (tertiary/aromatic N) is 3. The molecule has 4 rings (SSSR count). The Morgan fingerprint density at radius 1 is 1.03 bits per heavy atom. The number of para-hydroxylation sites is 1. The lowest BCUT2D eigenvalue weighted by Crippen LogP contribution is -2.35. The van der Waals surface area contributed by atoms with Crippen molar-refractivity contribution in [3.8, 4) is 40.8 Å². The van der Waals surface area contributed by atoms with Crippen LogP contribution in [0.15, 0.2) is 79.0 Å². The van der Waals surface area contributed by atoms with Crippen molar-refractivity contribution >= 4 is 17.5 Å². The number of carbonyl (C=O) groups excluding carboxylic acids is 2. The van der Waals surface area contributed by atoms with Crippen LogP contribution in [0.3, 0.4) is 0 Å². The average molecular weight is 495 g/mol. The standard InChI is InChI=1S/C29H26N4O4/c1-5-20-10-9-11-21(16-20)30-27(34)19-32(2)29(35)25-18-33(22-12-7-6-8-13-22)31-28(25)24-17-23(36-3)14-15-26(24)37-4/h1,6-18H,19H2,2-4H3,(H,30,34). The van der Waals surface area contributed by atoms with Gasteiger partial charge in [-0.15, -0.1) is 6.42 Å². The van der Waals surface area contributed by atoms with Crippen LogP contribution in [0.4, 0.5) is 5.69 Å². The molecule has 0 aliphatic rings. The van der Waals surface area contributed by atoms with E-state index >= 15 is 0 Å². The van der Waals surface area contributed by atoms with Gasteiger partial charge in [0.05, 0.1) is 32.0 Å². The monoisotopic (exact) mass is 494 g/mol. The maximum absolute atomic E-state index is 13.6. The number of anilines is 1. The number of ether oxygens (including phenoxy) is 2. The van der Waals surface area contributed by atoms with E-state index in [0.717, 1.165) is 5.69 Å². The van der Waals surface area contributed by atoms with Crippen molar-refractivity contribution in [1.82, 2.24) is 14.7 Å². The molecule has 8 nitrogen and oxygen atoms in total. The maximum atomic E-state index is 13.6. The Bertz CT molecular complexity index is 1470. The fourth-order valence-electron chi connectivity index (χ4n) is 3.82. The first kappa shape index (κ1) is 25.1. The molecule has 0 aliphatic heterocycles. The first-order valence-corrected chi connectivity index (χ1v) is 11.4. The highest BCUT2D eigenvalue weighted by Gasteiger charge is 2.25. The summed E-state index contributed by atoms with van der Waals surface area (Å²) in [5.74, 6) is 2.91. The van der Waals surface area contributed by atoms with Crippen LogP contribution in [-0.4, -0.2) is 54.3 Å². The lowest BCUT2D eigenvalue weighted by atomic mass is 10.1. The molecule has 0 unspecified atom stereocenters. The molecule has 0 fully saturated rings. The molecule has 0 saturated carbocycles. The summed E-state index contributed by atoms with van der Waals surface area (Å²) in [6, 6.07) is 21.7. The minimum atomic E-state index is -0.380. The molecule has 8 heteroatoms. The van der Waals surface area contributed by atoms with E-state index in [2.05, 4.69) is 11.2 Å². The third-order valence-corrected chi connectivity index (χ3v) is 5.67. The predicted octanol–water partition coefficient (Wildman–Crippen LogP) is 4.25. The highest BCUT2D eigenvalue weighted by atomic mass is 16.5. The summed E-state index contributed by atoms with van der Waals surface area (Å²) >= 11 is 0. The van der Waals surface area contributed by atoms with Gasteiger partial charge >= 0.3 is 0 Å². The van der Waals surface area contributed by atoms with Crippen molar-refractivity contribution < 1.29 is 19.1 Å². The summed E-state index contributed by atoms with van der Waals surface area (Å²) in [5, 5.41) is 7.50. The Morgan fingerprint density at radius 3 is 2.51 bits per heavy atom. The summed E-state index contributed by atoms with van der Waals surface area (Å²) < 4.78 is 12.6. The van der Waals surface area contributed by atoms with Gasteiger partial charge in [0.2, 0.25) is 5.91 Å². The summed E-state index contributed by atoms with van der Waals surface area (Å²) in [6.07, 6.45) is 7.09. The van der Waals surface area contributed by atoms with Crippen molar-refractivity contribution in [2.75, 3.05) is 33.1 Å². The van der Waals surface area contributed by atoms with Gasteiger partial charge in [0.25, 0.3) is 5.91 Å². The van der Waals surface area contributed by atoms with E-state index in [1.54, 1.807) is 74.6 Å². The summed E-state index contributed by atoms with van der Waals surface area (Å²) in [4.78, 5) is 27.7. The Labute approximate surface area is 215 Å². The second kappa shape index (κ2) is 11.1. The van der Waals surface area contributed by atoms with E-state index in [4.69, 9.17) is 21.0 Å². The zero-order valence-electron chi connectivity index (χ0n) is 20.8. The highest BCUT2D eigenvalue weighted by molar-refractivity contribution is 6.03. The number of aromatic nitrogens is 2. The summed E-state index contributed by atoms with van der Waals surface area (Å²) in [5.41, 5.74) is 3.27. The van der Waals surface area contributed by atoms with E-state index in [1.807, 2.05) is 30.3 Å². The topological polar surface area (TPSA) is 85.7 Å². The Balaban J connectivity index is 1.67. The van der Waals surface area contributed by atoms with Gasteiger partial charge in [-0.3, -0.25) is 9.59 Å². The van der Waals surface area contributed by atoms with Gasteiger partial charge in [-0.1, -0.05) is 30.2 Å². The number of rotatable bonds is 8. The number of amides is 2. The fourth-order valence-corrected chi connectivity index (χ4v) is 3.82. The van der Waals surface area contributed by atoms with Crippen molar-refractivity contribution in [2.45, 2.75) is 0 Å². The number of terminal acetylenes is 1. The minimum Gasteiger partial charge on any atom is -0.497 e. The first-order valence-electron chi connectivity index (χ1n) is 11.4. The number of carbonyl (C=O) groups is 2. The van der Waals surface area contributed by atoms with E-state index in [0.29, 0.717) is 39.6 Å². The number of methoxy groups -OCH3 is 2. The van der Waals surface area contributed by atoms with Crippen LogP contribution in [0.25, 0.3) is 16.9 Å². The molecule has 0 radical (unpaired) electrons. The Hall–Kier alpha value is -5.03. The molecule has 3 aromatic carbocycles. The molecule has 0 saturated heterocycles. The first-order chi connectivity index (χ1) is 17.9. The van der Waals surface area contributed by atoms with Gasteiger partial charge in [-0.25, -0.2) is 4.68 Å². The van der Waals surface area contributed by atoms with Crippen LogP contribution in [0.2, 0.25) is 0 Å². The highest BCUT2D eigenvalue weighted by Crippen LogP contribution is 2.35. The molecule has 1 heterocycles. The molecule has 1 N–H and O–H groups in total. The lowest BCUT2D eigenvalue weighted by molar-refractivity contribution is -0.116. The molecule has 0 spiro atoms. The van der Waals surface area contributed by atoms with E-state index in [9.17, 15) is 9.59 Å². The maximum Gasteiger partial charge on any atom is 0.257 e. The number of hydrogen-bond donors (Lipinski definition) is 1. The number of likely N-dealkylation sites (N-methyl/N-ethyl adjacent to an activating group) is 1. The van der Waals surface area contributed by atoms with Crippen molar-refractivity contribution in [3.63, 3.8) is 0 Å². The van der Waals surface area contributed by atoms with Gasteiger partial charge < -0.3 is 19.7 Å². The smallest absolute Gasteiger partial charge is 0.257 e. The molecule has 186 valence electrons. The molecule has 0 atom stereocenters. The predicted molar refractivity (Wildman–Crippen MR) is 142 cm³/mol. The van der Waals surface area contributed by atoms with Crippen LogP contribution < -0.4 is 14.8 Å². The Morgan fingerprint density at radius 2 is 1.81 bits per heavy atom. The third-order valence-electron chi connectivity index (χ3n) is 5.67. The number of hydrogen-bond acceptors (Lipinski definition) is 5. The molecule has 0 bridgehead atoms. The van der Waals surface area contributed by atoms with Crippen LogP contribution >= 0.6 is 0 Å². The van der Waals surface area contributed by atoms with Crippen LogP contribution in [-0.2, 0) is 4.79 Å². The minimum absolute atomic E-state index is 0.176. The average Bonchev–Trinajstić information content (AvgIpc) is 3.38. The fraction of sp³-hybridized carbons (Fsp3) is 0.138. The van der Waals surface area contributed by atoms with Gasteiger partial charge in [0.15, 0.2) is 0 Å². The second-order valence-electron chi connectivity index (χ2n) is 8.17. The summed E-state index contributed by atoms with van der Waals surface area (Å²) in [7, 11) is 4.67. The van der Waals surface area contributed by atoms with Crippen molar-refractivity contribution in [1.29, 1.82) is 0 Å². The zero-order valence-corrected chi connectivity index (χ0v) is 20.8. The Kier molecular flexibility index (Phi) is 7.55. The van der Waals surface area contributed by atoms with Crippen molar-refractivity contribution in [2.24, 2.45) is 0 Å². The normalized spacial score (nSPS) is 10.3. The SMILES string of the molecule is C#Cc1cccc(NC(=O)CN(C)C(=O)c2cn(-c3ccccc3)nc2-c2cc(OC)ccc2OC)c1. The van der Waals surface area contributed by atoms with Gasteiger partial charge in [-0.2, -0.15) is 5.10 Å². The van der Waals surface area contributed by atoms with Crippen LogP contribution in [0, 0.1) is 12.3 Å². The molecule has 0 aliphatic carbocycles. The second-order valence-corrected chi connectivity index (χ2v) is 8.17. The quantitative estimate of drug-likeness (QED) is 0.370. The van der Waals surface area contributed by atoms with Gasteiger partial charge in [-0.05, 0) is 48.5 Å². The van der Waals surface area contributed by atoms with Gasteiger partial charge in [0, 0.05) is 30.1 Å². The van der Waals surface area contributed by atoms with Crippen molar-refractivity contribution in [3.05, 3.63) is 90.1 Å². The van der Waals surface area contributed by atoms with E-state index in [1.165, 1.54) is 4.90 Å².